The number of anilines is 1. The van der Waals surface area contributed by atoms with E-state index in [1.807, 2.05) is 23.6 Å². The number of pyridine rings is 1. The first-order valence-corrected chi connectivity index (χ1v) is 6.78. The largest absolute Gasteiger partial charge is 0.296 e. The van der Waals surface area contributed by atoms with E-state index >= 15 is 0 Å². The fraction of sp³-hybridized carbons (Fsp3) is 0.0769. The van der Waals surface area contributed by atoms with Crippen LogP contribution in [-0.2, 0) is 7.05 Å². The van der Waals surface area contributed by atoms with Gasteiger partial charge in [0.1, 0.15) is 5.69 Å². The van der Waals surface area contributed by atoms with Crippen molar-refractivity contribution in [3.05, 3.63) is 47.7 Å². The molecule has 0 unspecified atom stereocenters. The van der Waals surface area contributed by atoms with Gasteiger partial charge in [0.05, 0.1) is 5.69 Å². The first-order chi connectivity index (χ1) is 9.72. The van der Waals surface area contributed by atoms with Crippen LogP contribution in [0.25, 0.3) is 11.4 Å². The molecule has 3 heterocycles. The zero-order valence-corrected chi connectivity index (χ0v) is 11.5. The summed E-state index contributed by atoms with van der Waals surface area (Å²) in [5.41, 5.74) is 1.89. The van der Waals surface area contributed by atoms with E-state index in [0.717, 1.165) is 11.4 Å². The van der Waals surface area contributed by atoms with Crippen LogP contribution in [0.15, 0.2) is 42.0 Å². The molecule has 0 fully saturated rings. The van der Waals surface area contributed by atoms with Gasteiger partial charge >= 0.3 is 0 Å². The summed E-state index contributed by atoms with van der Waals surface area (Å²) >= 11 is 1.36. The van der Waals surface area contributed by atoms with Crippen molar-refractivity contribution in [3.63, 3.8) is 0 Å². The lowest BCUT2D eigenvalue weighted by atomic mass is 10.3. The summed E-state index contributed by atoms with van der Waals surface area (Å²) in [5.74, 6) is -0.271. The van der Waals surface area contributed by atoms with Gasteiger partial charge in [-0.05, 0) is 18.2 Å². The van der Waals surface area contributed by atoms with Crippen LogP contribution >= 0.6 is 11.3 Å². The Morgan fingerprint density at radius 1 is 1.30 bits per heavy atom. The van der Waals surface area contributed by atoms with Gasteiger partial charge in [0.2, 0.25) is 0 Å². The number of thiazole rings is 1. The van der Waals surface area contributed by atoms with Crippen LogP contribution in [0.3, 0.4) is 0 Å². The van der Waals surface area contributed by atoms with Gasteiger partial charge in [-0.3, -0.25) is 19.8 Å². The number of carbonyl (C=O) groups excluding carboxylic acids is 1. The van der Waals surface area contributed by atoms with E-state index in [9.17, 15) is 4.79 Å². The number of nitrogens with zero attached hydrogens (tertiary/aromatic N) is 4. The second-order valence-electron chi connectivity index (χ2n) is 4.08. The van der Waals surface area contributed by atoms with Gasteiger partial charge < -0.3 is 0 Å². The maximum atomic E-state index is 11.9. The van der Waals surface area contributed by atoms with Crippen molar-refractivity contribution in [2.45, 2.75) is 0 Å². The lowest BCUT2D eigenvalue weighted by Gasteiger charge is -1.97. The predicted octanol–water partition coefficient (Wildman–Crippen LogP) is 2.19. The molecular formula is C13H11N5OS. The number of hydrogen-bond acceptors (Lipinski definition) is 5. The van der Waals surface area contributed by atoms with Crippen LogP contribution in [-0.4, -0.2) is 25.7 Å². The molecule has 3 rings (SSSR count). The van der Waals surface area contributed by atoms with Crippen molar-refractivity contribution in [3.8, 4) is 11.4 Å². The maximum absolute atomic E-state index is 11.9. The van der Waals surface area contributed by atoms with Crippen LogP contribution in [0, 0.1) is 0 Å². The van der Waals surface area contributed by atoms with Crippen LogP contribution in [0.4, 0.5) is 5.13 Å². The molecule has 3 aromatic heterocycles. The first-order valence-electron chi connectivity index (χ1n) is 5.90. The molecule has 0 aromatic carbocycles. The smallest absolute Gasteiger partial charge is 0.277 e. The molecular weight excluding hydrogens is 274 g/mol. The highest BCUT2D eigenvalue weighted by Crippen LogP contribution is 2.23. The molecule has 0 bridgehead atoms. The number of aryl methyl sites for hydroxylation is 1. The van der Waals surface area contributed by atoms with E-state index in [1.165, 1.54) is 11.3 Å². The SMILES string of the molecule is Cn1ccc(C(=O)Nc2nc(-c3ccccn3)cs2)n1. The second kappa shape index (κ2) is 5.22. The van der Waals surface area contributed by atoms with Gasteiger partial charge in [-0.25, -0.2) is 4.98 Å². The standard InChI is InChI=1S/C13H11N5OS/c1-18-7-5-10(17-18)12(19)16-13-15-11(8-20-13)9-4-2-3-6-14-9/h2-8H,1H3,(H,15,16,19). The molecule has 100 valence electrons. The van der Waals surface area contributed by atoms with E-state index in [1.54, 1.807) is 30.2 Å². The predicted molar refractivity (Wildman–Crippen MR) is 76.5 cm³/mol. The molecule has 0 spiro atoms. The molecule has 20 heavy (non-hydrogen) atoms. The van der Waals surface area contributed by atoms with Crippen molar-refractivity contribution in [2.24, 2.45) is 7.05 Å². The summed E-state index contributed by atoms with van der Waals surface area (Å²) < 4.78 is 1.58. The van der Waals surface area contributed by atoms with Crippen molar-refractivity contribution in [1.29, 1.82) is 0 Å². The minimum absolute atomic E-state index is 0.271. The fourth-order valence-corrected chi connectivity index (χ4v) is 2.36. The van der Waals surface area contributed by atoms with Crippen LogP contribution in [0.5, 0.6) is 0 Å². The van der Waals surface area contributed by atoms with E-state index in [2.05, 4.69) is 20.4 Å². The number of hydrogen-bond donors (Lipinski definition) is 1. The zero-order chi connectivity index (χ0) is 13.9. The molecule has 0 atom stereocenters. The van der Waals surface area contributed by atoms with Crippen molar-refractivity contribution < 1.29 is 4.79 Å². The Morgan fingerprint density at radius 3 is 2.90 bits per heavy atom. The van der Waals surface area contributed by atoms with Gasteiger partial charge in [0.15, 0.2) is 10.8 Å². The fourth-order valence-electron chi connectivity index (χ4n) is 1.66. The summed E-state index contributed by atoms with van der Waals surface area (Å²) in [6.07, 6.45) is 3.43. The quantitative estimate of drug-likeness (QED) is 0.800. The van der Waals surface area contributed by atoms with E-state index in [4.69, 9.17) is 0 Å². The molecule has 0 radical (unpaired) electrons. The molecule has 1 N–H and O–H groups in total. The van der Waals surface area contributed by atoms with Gasteiger partial charge in [0.25, 0.3) is 5.91 Å². The summed E-state index contributed by atoms with van der Waals surface area (Å²) in [6, 6.07) is 7.27. The van der Waals surface area contributed by atoms with Crippen molar-refractivity contribution >= 4 is 22.4 Å². The number of carbonyl (C=O) groups is 1. The summed E-state index contributed by atoms with van der Waals surface area (Å²) in [6.45, 7) is 0. The highest BCUT2D eigenvalue weighted by molar-refractivity contribution is 7.14. The Bertz CT molecular complexity index is 734. The van der Waals surface area contributed by atoms with E-state index in [0.29, 0.717) is 10.8 Å². The van der Waals surface area contributed by atoms with Gasteiger partial charge in [0, 0.05) is 24.8 Å². The maximum Gasteiger partial charge on any atom is 0.277 e. The molecule has 0 saturated carbocycles. The van der Waals surface area contributed by atoms with Crippen LogP contribution in [0.2, 0.25) is 0 Å². The van der Waals surface area contributed by atoms with Gasteiger partial charge in [-0.2, -0.15) is 5.10 Å². The van der Waals surface area contributed by atoms with Crippen LogP contribution in [0.1, 0.15) is 10.5 Å². The summed E-state index contributed by atoms with van der Waals surface area (Å²) in [7, 11) is 1.76. The Morgan fingerprint density at radius 2 is 2.20 bits per heavy atom. The number of amides is 1. The van der Waals surface area contributed by atoms with Gasteiger partial charge in [-0.1, -0.05) is 6.07 Å². The molecule has 7 heteroatoms. The molecule has 1 amide bonds. The Kier molecular flexibility index (Phi) is 3.26. The van der Waals surface area contributed by atoms with E-state index < -0.39 is 0 Å². The molecule has 0 saturated heterocycles. The average molecular weight is 285 g/mol. The number of rotatable bonds is 3. The Balaban J connectivity index is 1.76. The average Bonchev–Trinajstić information content (AvgIpc) is 3.09. The molecule has 6 nitrogen and oxygen atoms in total. The molecule has 3 aromatic rings. The second-order valence-corrected chi connectivity index (χ2v) is 4.94. The summed E-state index contributed by atoms with van der Waals surface area (Å²) in [4.78, 5) is 20.5. The topological polar surface area (TPSA) is 72.7 Å². The lowest BCUT2D eigenvalue weighted by molar-refractivity contribution is 0.102. The molecule has 0 aliphatic carbocycles. The first kappa shape index (κ1) is 12.5. The highest BCUT2D eigenvalue weighted by Gasteiger charge is 2.12. The number of aromatic nitrogens is 4. The lowest BCUT2D eigenvalue weighted by Crippen LogP contribution is -2.12. The van der Waals surface area contributed by atoms with Gasteiger partial charge in [-0.15, -0.1) is 11.3 Å². The van der Waals surface area contributed by atoms with Crippen molar-refractivity contribution in [2.75, 3.05) is 5.32 Å². The third-order valence-corrected chi connectivity index (χ3v) is 3.36. The Hall–Kier alpha value is -2.54. The molecule has 0 aliphatic heterocycles. The Labute approximate surface area is 119 Å². The normalized spacial score (nSPS) is 10.4. The zero-order valence-electron chi connectivity index (χ0n) is 10.6. The van der Waals surface area contributed by atoms with Crippen LogP contribution < -0.4 is 5.32 Å². The molecule has 0 aliphatic rings. The minimum Gasteiger partial charge on any atom is -0.296 e. The minimum atomic E-state index is -0.271. The van der Waals surface area contributed by atoms with E-state index in [-0.39, 0.29) is 5.91 Å². The third-order valence-electron chi connectivity index (χ3n) is 2.60. The summed E-state index contributed by atoms with van der Waals surface area (Å²) in [5, 5.41) is 9.15. The monoisotopic (exact) mass is 285 g/mol. The third kappa shape index (κ3) is 2.57. The van der Waals surface area contributed by atoms with Crippen molar-refractivity contribution in [1.82, 2.24) is 19.7 Å². The highest BCUT2D eigenvalue weighted by atomic mass is 32.1. The number of nitrogens with one attached hydrogen (secondary N) is 1.